The SMILES string of the molecule is CC(C)c1c(-c2nc(N[C@@H]3C[C@H]4CO[C@H](O4)[C@H]3O)ncc2Cl)cc(F)c2nc(C(C)(C)O)[nH]c12. The van der Waals surface area contributed by atoms with Crippen LogP contribution in [-0.4, -0.2) is 61.3 Å². The van der Waals surface area contributed by atoms with Crippen LogP contribution in [-0.2, 0) is 15.1 Å². The monoisotopic (exact) mass is 491 g/mol. The number of aromatic nitrogens is 4. The Bertz CT molecular complexity index is 1240. The second-order valence-electron chi connectivity index (χ2n) is 9.67. The molecule has 2 aliphatic heterocycles. The van der Waals surface area contributed by atoms with E-state index in [1.165, 1.54) is 12.3 Å². The highest BCUT2D eigenvalue weighted by Gasteiger charge is 2.43. The number of anilines is 1. The van der Waals surface area contributed by atoms with E-state index >= 15 is 4.39 Å². The maximum Gasteiger partial charge on any atom is 0.223 e. The summed E-state index contributed by atoms with van der Waals surface area (Å²) in [6.45, 7) is 7.55. The Labute approximate surface area is 200 Å². The number of aliphatic hydroxyl groups is 2. The van der Waals surface area contributed by atoms with Gasteiger partial charge in [0.2, 0.25) is 5.95 Å². The third-order valence-electron chi connectivity index (χ3n) is 6.21. The minimum Gasteiger partial charge on any atom is -0.386 e. The van der Waals surface area contributed by atoms with E-state index in [1.807, 2.05) is 13.8 Å². The Morgan fingerprint density at radius 1 is 1.32 bits per heavy atom. The zero-order valence-corrected chi connectivity index (χ0v) is 20.0. The van der Waals surface area contributed by atoms with E-state index in [0.29, 0.717) is 29.8 Å². The van der Waals surface area contributed by atoms with Gasteiger partial charge in [0.25, 0.3) is 0 Å². The van der Waals surface area contributed by atoms with Gasteiger partial charge in [-0.3, -0.25) is 0 Å². The predicted molar refractivity (Wildman–Crippen MR) is 124 cm³/mol. The molecule has 2 aliphatic rings. The quantitative estimate of drug-likeness (QED) is 0.427. The summed E-state index contributed by atoms with van der Waals surface area (Å²) in [6.07, 6.45) is 0.311. The molecule has 34 heavy (non-hydrogen) atoms. The van der Waals surface area contributed by atoms with Crippen molar-refractivity contribution in [2.45, 2.75) is 70.2 Å². The van der Waals surface area contributed by atoms with Gasteiger partial charge in [0.1, 0.15) is 23.0 Å². The fourth-order valence-corrected chi connectivity index (χ4v) is 4.75. The molecule has 0 saturated carbocycles. The van der Waals surface area contributed by atoms with Gasteiger partial charge in [-0.1, -0.05) is 25.4 Å². The topological polar surface area (TPSA) is 125 Å². The average molecular weight is 492 g/mol. The third-order valence-corrected chi connectivity index (χ3v) is 6.49. The number of H-pyrrole nitrogens is 1. The molecule has 4 atom stereocenters. The fourth-order valence-electron chi connectivity index (χ4n) is 4.55. The normalized spacial score (nSPS) is 24.9. The van der Waals surface area contributed by atoms with Crippen LogP contribution >= 0.6 is 11.6 Å². The molecular weight excluding hydrogens is 465 g/mol. The number of ether oxygens (including phenoxy) is 2. The molecule has 9 nitrogen and oxygen atoms in total. The lowest BCUT2D eigenvalue weighted by atomic mass is 9.93. The minimum atomic E-state index is -1.27. The zero-order valence-electron chi connectivity index (χ0n) is 19.3. The van der Waals surface area contributed by atoms with Crippen LogP contribution in [0.4, 0.5) is 10.3 Å². The van der Waals surface area contributed by atoms with Crippen molar-refractivity contribution in [1.82, 2.24) is 19.9 Å². The molecule has 2 aromatic heterocycles. The first-order valence-electron chi connectivity index (χ1n) is 11.2. The van der Waals surface area contributed by atoms with Crippen LogP contribution in [0.2, 0.25) is 5.02 Å². The van der Waals surface area contributed by atoms with Crippen LogP contribution in [0.3, 0.4) is 0 Å². The van der Waals surface area contributed by atoms with Crippen molar-refractivity contribution in [3.8, 4) is 11.3 Å². The standard InChI is InChI=1S/C23H27ClFN5O4/c1-9(2)15-11(6-13(25)17-18(15)29-21(28-17)23(3,4)32)16-12(24)7-26-22(30-16)27-14-5-10-8-33-20(34-10)19(14)31/h6-7,9-10,14,19-20,31-32H,5,8H2,1-4H3,(H,28,29)(H,26,27,30)/t10-,14+,19-,20+/m0/s1. The molecule has 0 radical (unpaired) electrons. The highest BCUT2D eigenvalue weighted by Crippen LogP contribution is 2.39. The molecule has 0 amide bonds. The van der Waals surface area contributed by atoms with Crippen molar-refractivity contribution < 1.29 is 24.1 Å². The van der Waals surface area contributed by atoms with Gasteiger partial charge in [-0.15, -0.1) is 0 Å². The van der Waals surface area contributed by atoms with Crippen LogP contribution < -0.4 is 5.32 Å². The van der Waals surface area contributed by atoms with Gasteiger partial charge < -0.3 is 30.0 Å². The Balaban J connectivity index is 1.58. The molecule has 0 unspecified atom stereocenters. The lowest BCUT2D eigenvalue weighted by molar-refractivity contribution is -0.156. The minimum absolute atomic E-state index is 0.0410. The second kappa shape index (κ2) is 8.39. The summed E-state index contributed by atoms with van der Waals surface area (Å²) in [5.74, 6) is -0.0802. The van der Waals surface area contributed by atoms with Crippen molar-refractivity contribution in [1.29, 1.82) is 0 Å². The average Bonchev–Trinajstić information content (AvgIpc) is 3.38. The second-order valence-corrected chi connectivity index (χ2v) is 10.1. The van der Waals surface area contributed by atoms with E-state index in [-0.39, 0.29) is 40.4 Å². The van der Waals surface area contributed by atoms with Crippen molar-refractivity contribution in [3.05, 3.63) is 34.5 Å². The van der Waals surface area contributed by atoms with E-state index in [2.05, 4.69) is 25.3 Å². The Hall–Kier alpha value is -2.37. The number of aromatic amines is 1. The van der Waals surface area contributed by atoms with Crippen LogP contribution in [0.1, 0.15) is 51.4 Å². The summed E-state index contributed by atoms with van der Waals surface area (Å²) in [6, 6.07) is 0.994. The maximum absolute atomic E-state index is 15.2. The predicted octanol–water partition coefficient (Wildman–Crippen LogP) is 3.45. The first-order valence-corrected chi connectivity index (χ1v) is 11.6. The first kappa shape index (κ1) is 23.4. The van der Waals surface area contributed by atoms with Crippen LogP contribution in [0.5, 0.6) is 0 Å². The van der Waals surface area contributed by atoms with Gasteiger partial charge in [-0.05, 0) is 37.8 Å². The summed E-state index contributed by atoms with van der Waals surface area (Å²) in [7, 11) is 0. The molecule has 1 aromatic carbocycles. The summed E-state index contributed by atoms with van der Waals surface area (Å²) >= 11 is 6.49. The van der Waals surface area contributed by atoms with Crippen molar-refractivity contribution in [3.63, 3.8) is 0 Å². The number of hydrogen-bond acceptors (Lipinski definition) is 8. The molecular formula is C23H27ClFN5O4. The molecule has 2 fully saturated rings. The van der Waals surface area contributed by atoms with Crippen molar-refractivity contribution >= 4 is 28.6 Å². The Morgan fingerprint density at radius 3 is 2.79 bits per heavy atom. The van der Waals surface area contributed by atoms with E-state index in [1.54, 1.807) is 13.8 Å². The lowest BCUT2D eigenvalue weighted by Gasteiger charge is -2.32. The Morgan fingerprint density at radius 2 is 2.09 bits per heavy atom. The molecule has 4 N–H and O–H groups in total. The molecule has 182 valence electrons. The lowest BCUT2D eigenvalue weighted by Crippen LogP contribution is -2.48. The number of rotatable bonds is 5. The highest BCUT2D eigenvalue weighted by molar-refractivity contribution is 6.33. The van der Waals surface area contributed by atoms with Gasteiger partial charge in [-0.25, -0.2) is 19.3 Å². The van der Waals surface area contributed by atoms with E-state index in [0.717, 1.165) is 5.56 Å². The van der Waals surface area contributed by atoms with Gasteiger partial charge in [-0.2, -0.15) is 0 Å². The number of benzene rings is 1. The molecule has 0 spiro atoms. The number of nitrogens with one attached hydrogen (secondary N) is 2. The molecule has 0 aliphatic carbocycles. The van der Waals surface area contributed by atoms with E-state index < -0.39 is 23.8 Å². The number of imidazole rings is 1. The summed E-state index contributed by atoms with van der Waals surface area (Å²) in [5, 5.41) is 24.3. The van der Waals surface area contributed by atoms with Crippen LogP contribution in [0.15, 0.2) is 12.3 Å². The largest absolute Gasteiger partial charge is 0.386 e. The summed E-state index contributed by atoms with van der Waals surface area (Å²) < 4.78 is 26.2. The van der Waals surface area contributed by atoms with Gasteiger partial charge in [0.15, 0.2) is 12.1 Å². The molecule has 11 heteroatoms. The highest BCUT2D eigenvalue weighted by atomic mass is 35.5. The third kappa shape index (κ3) is 4.03. The molecule has 2 saturated heterocycles. The van der Waals surface area contributed by atoms with Crippen LogP contribution in [0, 0.1) is 5.82 Å². The van der Waals surface area contributed by atoms with Crippen LogP contribution in [0.25, 0.3) is 22.3 Å². The zero-order chi connectivity index (χ0) is 24.4. The number of aliphatic hydroxyl groups excluding tert-OH is 1. The number of nitrogens with zero attached hydrogens (tertiary/aromatic N) is 3. The van der Waals surface area contributed by atoms with Gasteiger partial charge in [0, 0.05) is 5.56 Å². The van der Waals surface area contributed by atoms with E-state index in [4.69, 9.17) is 21.1 Å². The maximum atomic E-state index is 15.2. The fraction of sp³-hybridized carbons (Fsp3) is 0.522. The van der Waals surface area contributed by atoms with E-state index in [9.17, 15) is 10.2 Å². The molecule has 4 heterocycles. The summed E-state index contributed by atoms with van der Waals surface area (Å²) in [5.41, 5.74) is 0.982. The van der Waals surface area contributed by atoms with Gasteiger partial charge in [0.05, 0.1) is 41.2 Å². The number of hydrogen-bond donors (Lipinski definition) is 4. The number of halogens is 2. The molecule has 3 aromatic rings. The Kier molecular flexibility index (Phi) is 5.77. The molecule has 5 rings (SSSR count). The van der Waals surface area contributed by atoms with Gasteiger partial charge >= 0.3 is 0 Å². The van der Waals surface area contributed by atoms with Crippen molar-refractivity contribution in [2.75, 3.05) is 11.9 Å². The summed E-state index contributed by atoms with van der Waals surface area (Å²) in [4.78, 5) is 16.2. The van der Waals surface area contributed by atoms with Crippen molar-refractivity contribution in [2.24, 2.45) is 0 Å². The first-order chi connectivity index (χ1) is 16.0. The number of fused-ring (bicyclic) bond motifs is 3. The smallest absolute Gasteiger partial charge is 0.223 e. The molecule has 2 bridgehead atoms.